The van der Waals surface area contributed by atoms with Crippen LogP contribution < -0.4 is 19.5 Å². The second-order valence-electron chi connectivity index (χ2n) is 6.32. The maximum atomic E-state index is 12.8. The van der Waals surface area contributed by atoms with Gasteiger partial charge in [0.25, 0.3) is 0 Å². The molecule has 1 aliphatic rings. The lowest BCUT2D eigenvalue weighted by Gasteiger charge is -2.20. The van der Waals surface area contributed by atoms with Gasteiger partial charge in [-0.15, -0.1) is 0 Å². The van der Waals surface area contributed by atoms with Crippen molar-refractivity contribution in [1.29, 1.82) is 0 Å². The van der Waals surface area contributed by atoms with E-state index in [2.05, 4.69) is 10.0 Å². The minimum Gasteiger partial charge on any atom is -0.497 e. The Morgan fingerprint density at radius 3 is 2.56 bits per heavy atom. The van der Waals surface area contributed by atoms with Crippen LogP contribution in [0.1, 0.15) is 30.5 Å². The highest BCUT2D eigenvalue weighted by Gasteiger charge is 2.23. The molecule has 0 radical (unpaired) electrons. The van der Waals surface area contributed by atoms with Crippen LogP contribution in [0.3, 0.4) is 0 Å². The van der Waals surface area contributed by atoms with Crippen LogP contribution in [0.15, 0.2) is 41.3 Å². The summed E-state index contributed by atoms with van der Waals surface area (Å²) in [5.41, 5.74) is 2.14. The van der Waals surface area contributed by atoms with Gasteiger partial charge in [0.05, 0.1) is 19.1 Å². The van der Waals surface area contributed by atoms with Crippen molar-refractivity contribution in [3.8, 4) is 11.5 Å². The first-order chi connectivity index (χ1) is 12.8. The lowest BCUT2D eigenvalue weighted by Crippen LogP contribution is -2.27. The number of rotatable bonds is 6. The van der Waals surface area contributed by atoms with E-state index in [-0.39, 0.29) is 10.8 Å². The molecule has 0 saturated heterocycles. The van der Waals surface area contributed by atoms with Crippen molar-refractivity contribution in [2.24, 2.45) is 0 Å². The maximum Gasteiger partial charge on any atom is 0.241 e. The number of carbonyl (C=O) groups excluding carboxylic acids is 1. The standard InChI is InChI=1S/C19H22N2O5S/c1-12(16-11-14(25-2)5-8-18(16)26-3)21-27(23,24)15-6-7-17-13(10-15)4-9-19(22)20-17/h5-8,10-12,21H,4,9H2,1-3H3,(H,20,22). The molecule has 1 aliphatic heterocycles. The third kappa shape index (κ3) is 4.06. The Morgan fingerprint density at radius 2 is 1.85 bits per heavy atom. The highest BCUT2D eigenvalue weighted by atomic mass is 32.2. The fourth-order valence-corrected chi connectivity index (χ4v) is 4.34. The summed E-state index contributed by atoms with van der Waals surface area (Å²) < 4.78 is 38.9. The molecule has 3 rings (SSSR count). The molecular weight excluding hydrogens is 368 g/mol. The lowest BCUT2D eigenvalue weighted by atomic mass is 10.0. The zero-order valence-electron chi connectivity index (χ0n) is 15.4. The Labute approximate surface area is 158 Å². The lowest BCUT2D eigenvalue weighted by molar-refractivity contribution is -0.116. The van der Waals surface area contributed by atoms with Gasteiger partial charge in [0.2, 0.25) is 15.9 Å². The average Bonchev–Trinajstić information content (AvgIpc) is 2.66. The van der Waals surface area contributed by atoms with Crippen molar-refractivity contribution in [2.45, 2.75) is 30.7 Å². The molecular formula is C19H22N2O5S. The van der Waals surface area contributed by atoms with Crippen molar-refractivity contribution >= 4 is 21.6 Å². The first-order valence-electron chi connectivity index (χ1n) is 8.51. The number of methoxy groups -OCH3 is 2. The van der Waals surface area contributed by atoms with Crippen LogP contribution in [0.2, 0.25) is 0 Å². The minimum absolute atomic E-state index is 0.0602. The van der Waals surface area contributed by atoms with Gasteiger partial charge in [-0.2, -0.15) is 0 Å². The molecule has 1 unspecified atom stereocenters. The molecule has 1 amide bonds. The maximum absolute atomic E-state index is 12.8. The predicted molar refractivity (Wildman–Crippen MR) is 102 cm³/mol. The van der Waals surface area contributed by atoms with Crippen LogP contribution in [0, 0.1) is 0 Å². The number of anilines is 1. The molecule has 2 aromatic carbocycles. The van der Waals surface area contributed by atoms with Crippen LogP contribution >= 0.6 is 0 Å². The van der Waals surface area contributed by atoms with Crippen LogP contribution in [0.25, 0.3) is 0 Å². The Balaban J connectivity index is 1.87. The monoisotopic (exact) mass is 390 g/mol. The molecule has 7 nitrogen and oxygen atoms in total. The average molecular weight is 390 g/mol. The molecule has 0 fully saturated rings. The van der Waals surface area contributed by atoms with Gasteiger partial charge in [0.1, 0.15) is 11.5 Å². The first kappa shape index (κ1) is 19.2. The zero-order valence-corrected chi connectivity index (χ0v) is 16.2. The normalized spacial score (nSPS) is 14.9. The Hall–Kier alpha value is -2.58. The zero-order chi connectivity index (χ0) is 19.6. The number of sulfonamides is 1. The number of aryl methyl sites for hydroxylation is 1. The third-order valence-electron chi connectivity index (χ3n) is 4.52. The molecule has 27 heavy (non-hydrogen) atoms. The van der Waals surface area contributed by atoms with Gasteiger partial charge < -0.3 is 14.8 Å². The summed E-state index contributed by atoms with van der Waals surface area (Å²) >= 11 is 0. The highest BCUT2D eigenvalue weighted by molar-refractivity contribution is 7.89. The number of nitrogens with one attached hydrogen (secondary N) is 2. The minimum atomic E-state index is -3.76. The van der Waals surface area contributed by atoms with Gasteiger partial charge in [-0.3, -0.25) is 4.79 Å². The fourth-order valence-electron chi connectivity index (χ4n) is 3.07. The van der Waals surface area contributed by atoms with Crippen LogP contribution in [0.4, 0.5) is 5.69 Å². The Morgan fingerprint density at radius 1 is 1.07 bits per heavy atom. The second kappa shape index (κ2) is 7.58. The van der Waals surface area contributed by atoms with E-state index in [1.165, 1.54) is 13.2 Å². The van der Waals surface area contributed by atoms with E-state index in [1.54, 1.807) is 44.4 Å². The fraction of sp³-hybridized carbons (Fsp3) is 0.316. The molecule has 1 heterocycles. The van der Waals surface area contributed by atoms with Crippen molar-refractivity contribution in [1.82, 2.24) is 4.72 Å². The molecule has 1 atom stereocenters. The van der Waals surface area contributed by atoms with E-state index in [0.717, 1.165) is 5.56 Å². The van der Waals surface area contributed by atoms with E-state index in [4.69, 9.17) is 9.47 Å². The summed E-state index contributed by atoms with van der Waals surface area (Å²) in [5, 5.41) is 2.75. The summed E-state index contributed by atoms with van der Waals surface area (Å²) in [7, 11) is -0.678. The summed E-state index contributed by atoms with van der Waals surface area (Å²) in [5.74, 6) is 1.12. The predicted octanol–water partition coefficient (Wildman–Crippen LogP) is 2.63. The van der Waals surface area contributed by atoms with Crippen LogP contribution in [-0.4, -0.2) is 28.5 Å². The topological polar surface area (TPSA) is 93.7 Å². The smallest absolute Gasteiger partial charge is 0.241 e. The van der Waals surface area contributed by atoms with E-state index in [0.29, 0.717) is 35.6 Å². The molecule has 2 aromatic rings. The number of hydrogen-bond acceptors (Lipinski definition) is 5. The summed E-state index contributed by atoms with van der Waals surface area (Å²) in [6.45, 7) is 1.74. The number of fused-ring (bicyclic) bond motifs is 1. The number of carbonyl (C=O) groups is 1. The van der Waals surface area contributed by atoms with Gasteiger partial charge in [0, 0.05) is 23.7 Å². The van der Waals surface area contributed by atoms with Crippen LogP contribution in [-0.2, 0) is 21.2 Å². The molecule has 0 aliphatic carbocycles. The number of hydrogen-bond donors (Lipinski definition) is 2. The van der Waals surface area contributed by atoms with Gasteiger partial charge in [0.15, 0.2) is 0 Å². The van der Waals surface area contributed by atoms with Crippen molar-refractivity contribution in [3.05, 3.63) is 47.5 Å². The van der Waals surface area contributed by atoms with Crippen molar-refractivity contribution in [2.75, 3.05) is 19.5 Å². The van der Waals surface area contributed by atoms with Gasteiger partial charge in [-0.1, -0.05) is 0 Å². The van der Waals surface area contributed by atoms with Gasteiger partial charge >= 0.3 is 0 Å². The Bertz CT molecular complexity index is 972. The van der Waals surface area contributed by atoms with Crippen LogP contribution in [0.5, 0.6) is 11.5 Å². The van der Waals surface area contributed by atoms with Gasteiger partial charge in [-0.25, -0.2) is 13.1 Å². The van der Waals surface area contributed by atoms with E-state index in [1.807, 2.05) is 0 Å². The SMILES string of the molecule is COc1ccc(OC)c(C(C)NS(=O)(=O)c2ccc3c(c2)CCC(=O)N3)c1. The molecule has 0 aromatic heterocycles. The molecule has 0 bridgehead atoms. The second-order valence-corrected chi connectivity index (χ2v) is 8.03. The van der Waals surface area contributed by atoms with E-state index >= 15 is 0 Å². The number of amides is 1. The highest BCUT2D eigenvalue weighted by Crippen LogP contribution is 2.31. The summed E-state index contributed by atoms with van der Waals surface area (Å²) in [6, 6.07) is 9.42. The molecule has 0 spiro atoms. The molecule has 144 valence electrons. The molecule has 8 heteroatoms. The van der Waals surface area contributed by atoms with E-state index in [9.17, 15) is 13.2 Å². The molecule has 0 saturated carbocycles. The largest absolute Gasteiger partial charge is 0.497 e. The summed E-state index contributed by atoms with van der Waals surface area (Å²) in [4.78, 5) is 11.6. The Kier molecular flexibility index (Phi) is 5.38. The quantitative estimate of drug-likeness (QED) is 0.791. The first-order valence-corrected chi connectivity index (χ1v) is 9.99. The molecule has 2 N–H and O–H groups in total. The number of benzene rings is 2. The summed E-state index contributed by atoms with van der Waals surface area (Å²) in [6.07, 6.45) is 0.866. The van der Waals surface area contributed by atoms with Crippen molar-refractivity contribution in [3.63, 3.8) is 0 Å². The van der Waals surface area contributed by atoms with Crippen molar-refractivity contribution < 1.29 is 22.7 Å². The van der Waals surface area contributed by atoms with Gasteiger partial charge in [-0.05, 0) is 55.3 Å². The van der Waals surface area contributed by atoms with E-state index < -0.39 is 16.1 Å². The third-order valence-corrected chi connectivity index (χ3v) is 6.06. The number of ether oxygens (including phenoxy) is 2.